The van der Waals surface area contributed by atoms with E-state index >= 15 is 0 Å². The summed E-state index contributed by atoms with van der Waals surface area (Å²) in [5.41, 5.74) is 2.00. The van der Waals surface area contributed by atoms with E-state index in [2.05, 4.69) is 50.0 Å². The number of anilines is 3. The van der Waals surface area contributed by atoms with Gasteiger partial charge < -0.3 is 25.6 Å². The van der Waals surface area contributed by atoms with Gasteiger partial charge in [-0.05, 0) is 44.9 Å². The Labute approximate surface area is 266 Å². The zero-order valence-corrected chi connectivity index (χ0v) is 25.8. The lowest BCUT2D eigenvalue weighted by Crippen LogP contribution is -2.51. The van der Waals surface area contributed by atoms with Crippen LogP contribution in [0, 0.1) is 5.92 Å². The van der Waals surface area contributed by atoms with Gasteiger partial charge in [0.25, 0.3) is 11.8 Å². The van der Waals surface area contributed by atoms with Crippen LogP contribution in [0.15, 0.2) is 30.3 Å². The lowest BCUT2D eigenvalue weighted by molar-refractivity contribution is -0.117. The number of nitrogens with zero attached hydrogens (tertiary/aromatic N) is 6. The lowest BCUT2D eigenvalue weighted by Gasteiger charge is -2.36. The SMILES string of the molecule is [B]C([B])([B])NC(=O)c1nnc(NC(=O)C2CC2)cc1Nc1cccc(-c2cc(C(=O)N3CCN(C(C)C)CC3)n(C)n2)c1OC. The maximum Gasteiger partial charge on any atom is 0.272 e. The molecule has 0 unspecified atom stereocenters. The van der Waals surface area contributed by atoms with Crippen molar-refractivity contribution in [3.63, 3.8) is 0 Å². The van der Waals surface area contributed by atoms with Gasteiger partial charge >= 0.3 is 0 Å². The van der Waals surface area contributed by atoms with Crippen molar-refractivity contribution in [2.45, 2.75) is 38.0 Å². The van der Waals surface area contributed by atoms with Gasteiger partial charge in [-0.15, -0.1) is 10.2 Å². The number of nitrogens with one attached hydrogen (secondary N) is 3. The molecule has 2 aromatic heterocycles. The van der Waals surface area contributed by atoms with E-state index in [1.165, 1.54) is 13.2 Å². The number of aryl methyl sites for hydroxylation is 1. The Morgan fingerprint density at radius 1 is 1.02 bits per heavy atom. The third-order valence-corrected chi connectivity index (χ3v) is 7.73. The largest absolute Gasteiger partial charge is 0.494 e. The van der Waals surface area contributed by atoms with Gasteiger partial charge in [0.15, 0.2) is 17.3 Å². The first-order valence-corrected chi connectivity index (χ1v) is 14.7. The smallest absolute Gasteiger partial charge is 0.272 e. The van der Waals surface area contributed by atoms with Gasteiger partial charge in [0.2, 0.25) is 5.91 Å². The zero-order valence-electron chi connectivity index (χ0n) is 25.8. The van der Waals surface area contributed by atoms with Crippen LogP contribution in [0.3, 0.4) is 0 Å². The van der Waals surface area contributed by atoms with Crippen LogP contribution in [0.2, 0.25) is 0 Å². The molecule has 3 heterocycles. The molecule has 1 aliphatic carbocycles. The Bertz CT molecular complexity index is 1600. The normalized spacial score (nSPS) is 15.5. The minimum Gasteiger partial charge on any atom is -0.494 e. The van der Waals surface area contributed by atoms with E-state index in [1.807, 2.05) is 11.0 Å². The Morgan fingerprint density at radius 3 is 2.36 bits per heavy atom. The topological polar surface area (TPSA) is 147 Å². The van der Waals surface area contributed by atoms with Crippen LogP contribution in [0.4, 0.5) is 17.2 Å². The second-order valence-electron chi connectivity index (χ2n) is 11.6. The molecule has 1 saturated carbocycles. The van der Waals surface area contributed by atoms with Crippen LogP contribution in [0.1, 0.15) is 47.7 Å². The first-order chi connectivity index (χ1) is 21.3. The van der Waals surface area contributed by atoms with Gasteiger partial charge in [-0.1, -0.05) is 11.3 Å². The number of para-hydroxylation sites is 1. The average Bonchev–Trinajstić information content (AvgIpc) is 3.77. The van der Waals surface area contributed by atoms with Crippen molar-refractivity contribution in [1.82, 2.24) is 35.1 Å². The number of ether oxygens (including phenoxy) is 1. The molecule has 5 rings (SSSR count). The summed E-state index contributed by atoms with van der Waals surface area (Å²) in [6, 6.07) is 8.95. The minimum absolute atomic E-state index is 0.0740. The van der Waals surface area contributed by atoms with Gasteiger partial charge in [-0.2, -0.15) is 5.10 Å². The van der Waals surface area contributed by atoms with E-state index in [0.29, 0.717) is 47.5 Å². The molecule has 6 radical (unpaired) electrons. The van der Waals surface area contributed by atoms with Gasteiger partial charge in [0.05, 0.1) is 47.7 Å². The number of carbonyl (C=O) groups excluding carboxylic acids is 3. The summed E-state index contributed by atoms with van der Waals surface area (Å²) in [4.78, 5) is 43.0. The maximum absolute atomic E-state index is 13.5. The molecule has 0 atom stereocenters. The average molecular weight is 605 g/mol. The monoisotopic (exact) mass is 605 g/mol. The number of carbonyl (C=O) groups is 3. The number of aromatic nitrogens is 4. The van der Waals surface area contributed by atoms with Crippen molar-refractivity contribution in [2.75, 3.05) is 43.9 Å². The number of methoxy groups -OCH3 is 1. The second-order valence-corrected chi connectivity index (χ2v) is 11.6. The van der Waals surface area contributed by atoms with Crippen molar-refractivity contribution in [1.29, 1.82) is 0 Å². The Morgan fingerprint density at radius 2 is 1.73 bits per heavy atom. The molecule has 0 spiro atoms. The number of hydrogen-bond acceptors (Lipinski definition) is 9. The predicted molar refractivity (Wildman–Crippen MR) is 172 cm³/mol. The Balaban J connectivity index is 1.44. The van der Waals surface area contributed by atoms with Gasteiger partial charge in [-0.25, -0.2) is 0 Å². The maximum atomic E-state index is 13.5. The van der Waals surface area contributed by atoms with Crippen LogP contribution in [0.25, 0.3) is 11.3 Å². The summed E-state index contributed by atoms with van der Waals surface area (Å²) >= 11 is 0. The third-order valence-electron chi connectivity index (χ3n) is 7.73. The van der Waals surface area contributed by atoms with Crippen molar-refractivity contribution >= 4 is 58.5 Å². The first kappa shape index (κ1) is 32.1. The van der Waals surface area contributed by atoms with Gasteiger partial charge in [0, 0.05) is 56.8 Å². The predicted octanol–water partition coefficient (Wildman–Crippen LogP) is 0.991. The first-order valence-electron chi connectivity index (χ1n) is 14.7. The molecule has 3 N–H and O–H groups in total. The fourth-order valence-corrected chi connectivity index (χ4v) is 5.15. The summed E-state index contributed by atoms with van der Waals surface area (Å²) in [5, 5.41) is 18.7. The quantitative estimate of drug-likeness (QED) is 0.288. The molecule has 1 aliphatic heterocycles. The number of rotatable bonds is 10. The number of benzene rings is 1. The number of hydrogen-bond donors (Lipinski definition) is 3. The molecule has 13 nitrogen and oxygen atoms in total. The van der Waals surface area contributed by atoms with Crippen molar-refractivity contribution in [3.05, 3.63) is 41.7 Å². The summed E-state index contributed by atoms with van der Waals surface area (Å²) in [6.07, 6.45) is 1.60. The molecule has 16 heteroatoms. The summed E-state index contributed by atoms with van der Waals surface area (Å²) in [6.45, 7) is 7.21. The molecule has 1 aromatic carbocycles. The van der Waals surface area contributed by atoms with E-state index in [9.17, 15) is 14.4 Å². The van der Waals surface area contributed by atoms with Crippen LogP contribution < -0.4 is 20.7 Å². The zero-order chi connectivity index (χ0) is 32.5. The molecule has 0 bridgehead atoms. The molecule has 2 fully saturated rings. The van der Waals surface area contributed by atoms with Crippen LogP contribution in [0.5, 0.6) is 5.75 Å². The summed E-state index contributed by atoms with van der Waals surface area (Å²) < 4.78 is 7.36. The Hall–Kier alpha value is -4.33. The minimum atomic E-state index is -2.01. The number of amides is 3. The van der Waals surface area contributed by atoms with Crippen LogP contribution in [-0.4, -0.2) is 116 Å². The second kappa shape index (κ2) is 13.0. The molecular formula is C29H34B3N9O4. The van der Waals surface area contributed by atoms with Crippen molar-refractivity contribution in [3.8, 4) is 17.0 Å². The fourth-order valence-electron chi connectivity index (χ4n) is 5.15. The highest BCUT2D eigenvalue weighted by Gasteiger charge is 2.31. The molecule has 1 saturated heterocycles. The van der Waals surface area contributed by atoms with E-state index in [0.717, 1.165) is 25.9 Å². The number of piperazine rings is 1. The molecule has 45 heavy (non-hydrogen) atoms. The summed E-state index contributed by atoms with van der Waals surface area (Å²) in [7, 11) is 20.0. The van der Waals surface area contributed by atoms with Gasteiger partial charge in [0.1, 0.15) is 5.69 Å². The van der Waals surface area contributed by atoms with E-state index < -0.39 is 11.1 Å². The van der Waals surface area contributed by atoms with Gasteiger partial charge in [-0.3, -0.25) is 24.0 Å². The highest BCUT2D eigenvalue weighted by Crippen LogP contribution is 2.38. The summed E-state index contributed by atoms with van der Waals surface area (Å²) in [5.74, 6) is -0.618. The molecule has 2 aliphatic rings. The third kappa shape index (κ3) is 7.50. The standard InChI is InChI=1S/C29H34B3N9O4/c1-16(2)40-10-12-41(13-11-40)28(44)22-14-20(38-39(22)3)18-6-5-7-19(25(18)45-4)33-21-15-23(34-26(42)17-8-9-17)36-37-24(21)27(43)35-29(30,31)32/h5-7,14-17H,8-13H2,1-4H3,(H,35,43)(H2,33,34,36,42). The van der Waals surface area contributed by atoms with Crippen LogP contribution in [-0.2, 0) is 11.8 Å². The van der Waals surface area contributed by atoms with Crippen molar-refractivity contribution in [2.24, 2.45) is 13.0 Å². The van der Waals surface area contributed by atoms with Crippen molar-refractivity contribution < 1.29 is 19.1 Å². The highest BCUT2D eigenvalue weighted by molar-refractivity contribution is 6.60. The van der Waals surface area contributed by atoms with E-state index in [1.54, 1.807) is 29.9 Å². The molecule has 3 amide bonds. The fraction of sp³-hybridized carbons (Fsp3) is 0.448. The highest BCUT2D eigenvalue weighted by atomic mass is 16.5. The lowest BCUT2D eigenvalue weighted by atomic mass is 9.49. The molecular weight excluding hydrogens is 571 g/mol. The molecule has 3 aromatic rings. The van der Waals surface area contributed by atoms with Crippen LogP contribution >= 0.6 is 0 Å². The Kier molecular flexibility index (Phi) is 9.24. The van der Waals surface area contributed by atoms with E-state index in [4.69, 9.17) is 28.3 Å². The molecule has 228 valence electrons. The van der Waals surface area contributed by atoms with E-state index in [-0.39, 0.29) is 34.9 Å².